The quantitative estimate of drug-likeness (QED) is 0.176. The fraction of sp³-hybridized carbons (Fsp3) is 0.257. The van der Waals surface area contributed by atoms with Crippen LogP contribution in [0.15, 0.2) is 84.0 Å². The molecule has 4 heterocycles. The Kier molecular flexibility index (Phi) is 8.55. The van der Waals surface area contributed by atoms with Crippen LogP contribution in [0, 0.1) is 5.82 Å². The van der Waals surface area contributed by atoms with Crippen LogP contribution in [0.25, 0.3) is 22.3 Å². The molecule has 15 heteroatoms. The lowest BCUT2D eigenvalue weighted by atomic mass is 10.1. The summed E-state index contributed by atoms with van der Waals surface area (Å²) in [6.45, 7) is 2.97. The van der Waals surface area contributed by atoms with Crippen molar-refractivity contribution in [3.8, 4) is 11.4 Å². The van der Waals surface area contributed by atoms with Crippen LogP contribution >= 0.6 is 23.2 Å². The first-order chi connectivity index (χ1) is 24.3. The number of carbonyl (C=O) groups excluding carboxylic acids is 1. The minimum absolute atomic E-state index is 0.109. The zero-order valence-corrected chi connectivity index (χ0v) is 28.1. The maximum atomic E-state index is 15.8. The van der Waals surface area contributed by atoms with Crippen LogP contribution in [0.2, 0.25) is 10.0 Å². The summed E-state index contributed by atoms with van der Waals surface area (Å²) in [7, 11) is 0. The number of benzene rings is 3. The molecule has 3 aromatic heterocycles. The Morgan fingerprint density at radius 2 is 1.48 bits per heavy atom. The molecule has 8 rings (SSSR count). The number of nitrogens with zero attached hydrogens (tertiary/aromatic N) is 9. The molecule has 0 N–H and O–H groups in total. The molecular formula is C35H30Cl2FN9O3. The number of ether oxygens (including phenoxy) is 1. The number of hydrogen-bond acceptors (Lipinski definition) is 9. The summed E-state index contributed by atoms with van der Waals surface area (Å²) < 4.78 is 26.4. The van der Waals surface area contributed by atoms with Crippen LogP contribution in [-0.2, 0) is 17.9 Å². The first kappa shape index (κ1) is 32.1. The van der Waals surface area contributed by atoms with Gasteiger partial charge in [-0.05, 0) is 61.4 Å². The van der Waals surface area contributed by atoms with Crippen molar-refractivity contribution >= 4 is 45.8 Å². The van der Waals surface area contributed by atoms with Gasteiger partial charge in [0.2, 0.25) is 5.43 Å². The number of pyridine rings is 1. The monoisotopic (exact) mass is 713 g/mol. The Labute approximate surface area is 295 Å². The molecule has 6 aromatic rings. The lowest BCUT2D eigenvalue weighted by molar-refractivity contribution is 0.0465. The Balaban J connectivity index is 0.964. The highest BCUT2D eigenvalue weighted by atomic mass is 35.5. The number of halogens is 3. The molecule has 0 amide bonds. The molecule has 254 valence electrons. The van der Waals surface area contributed by atoms with Crippen LogP contribution in [0.1, 0.15) is 40.6 Å². The van der Waals surface area contributed by atoms with Gasteiger partial charge in [0.1, 0.15) is 23.7 Å². The van der Waals surface area contributed by atoms with Gasteiger partial charge in [0.05, 0.1) is 40.7 Å². The Morgan fingerprint density at radius 3 is 2.12 bits per heavy atom. The van der Waals surface area contributed by atoms with E-state index in [0.29, 0.717) is 65.4 Å². The highest BCUT2D eigenvalue weighted by molar-refractivity contribution is 6.31. The van der Waals surface area contributed by atoms with Crippen molar-refractivity contribution in [3.63, 3.8) is 0 Å². The smallest absolute Gasteiger partial charge is 0.344 e. The molecule has 0 bridgehead atoms. The van der Waals surface area contributed by atoms with Crippen LogP contribution in [0.4, 0.5) is 10.1 Å². The largest absolute Gasteiger partial charge is 0.455 e. The molecule has 1 saturated carbocycles. The van der Waals surface area contributed by atoms with Crippen molar-refractivity contribution in [1.82, 2.24) is 39.5 Å². The summed E-state index contributed by atoms with van der Waals surface area (Å²) in [5.74, 6) is -1.32. The maximum absolute atomic E-state index is 15.8. The van der Waals surface area contributed by atoms with Crippen molar-refractivity contribution in [2.75, 3.05) is 31.1 Å². The fourth-order valence-electron chi connectivity index (χ4n) is 6.22. The standard InChI is InChI=1S/C35H30Cl2FN9O3/c36-22-3-1-5-27(13-22)46-18-24(39-41-46)17-43-9-11-44(12-10-43)33-16-32-29(15-31(33)38)34(48)30(20-45(32)26-7-8-26)35(49)50-21-25-19-47(42-40-25)28-6-2-4-23(37)14-28/h1-6,13-16,18-20,26H,7-12,17,21H2. The number of anilines is 1. The van der Waals surface area contributed by atoms with Gasteiger partial charge in [-0.2, -0.15) is 0 Å². The minimum Gasteiger partial charge on any atom is -0.455 e. The number of fused-ring (bicyclic) bond motifs is 1. The zero-order chi connectivity index (χ0) is 34.4. The summed E-state index contributed by atoms with van der Waals surface area (Å²) in [5, 5.41) is 18.0. The van der Waals surface area contributed by atoms with Crippen molar-refractivity contribution < 1.29 is 13.9 Å². The first-order valence-electron chi connectivity index (χ1n) is 16.2. The molecule has 2 fully saturated rings. The predicted octanol–water partition coefficient (Wildman–Crippen LogP) is 5.62. The van der Waals surface area contributed by atoms with E-state index in [9.17, 15) is 9.59 Å². The molecule has 1 saturated heterocycles. The van der Waals surface area contributed by atoms with E-state index in [1.807, 2.05) is 46.0 Å². The molecule has 12 nitrogen and oxygen atoms in total. The van der Waals surface area contributed by atoms with E-state index in [0.717, 1.165) is 24.2 Å². The second-order valence-electron chi connectivity index (χ2n) is 12.4. The van der Waals surface area contributed by atoms with Gasteiger partial charge >= 0.3 is 5.97 Å². The van der Waals surface area contributed by atoms with E-state index in [1.165, 1.54) is 10.7 Å². The van der Waals surface area contributed by atoms with Crippen LogP contribution in [0.5, 0.6) is 0 Å². The van der Waals surface area contributed by atoms with Gasteiger partial charge in [-0.25, -0.2) is 18.5 Å². The first-order valence-corrected chi connectivity index (χ1v) is 16.9. The van der Waals surface area contributed by atoms with Crippen molar-refractivity contribution in [1.29, 1.82) is 0 Å². The third-order valence-electron chi connectivity index (χ3n) is 8.94. The lowest BCUT2D eigenvalue weighted by Gasteiger charge is -2.36. The highest BCUT2D eigenvalue weighted by Gasteiger charge is 2.29. The molecule has 0 spiro atoms. The number of piperazine rings is 1. The molecule has 0 atom stereocenters. The van der Waals surface area contributed by atoms with Gasteiger partial charge in [-0.3, -0.25) is 9.69 Å². The van der Waals surface area contributed by atoms with Crippen molar-refractivity contribution in [2.45, 2.75) is 32.0 Å². The summed E-state index contributed by atoms with van der Waals surface area (Å²) >= 11 is 12.2. The predicted molar refractivity (Wildman–Crippen MR) is 186 cm³/mol. The Morgan fingerprint density at radius 1 is 0.840 bits per heavy atom. The number of rotatable bonds is 9. The maximum Gasteiger partial charge on any atom is 0.344 e. The van der Waals surface area contributed by atoms with Crippen molar-refractivity contribution in [2.24, 2.45) is 0 Å². The molecule has 0 radical (unpaired) electrons. The van der Waals surface area contributed by atoms with E-state index in [4.69, 9.17) is 27.9 Å². The summed E-state index contributed by atoms with van der Waals surface area (Å²) in [5.41, 5.74) is 3.03. The summed E-state index contributed by atoms with van der Waals surface area (Å²) in [4.78, 5) is 31.1. The van der Waals surface area contributed by atoms with Crippen LogP contribution < -0.4 is 10.3 Å². The zero-order valence-electron chi connectivity index (χ0n) is 26.6. The second-order valence-corrected chi connectivity index (χ2v) is 13.3. The SMILES string of the molecule is O=C(OCc1cn(-c2cccc(Cl)c2)nn1)c1cn(C2CC2)c2cc(N3CCN(Cc4cn(-c5cccc(Cl)c5)nn4)CC3)c(F)cc2c1=O. The average molecular weight is 715 g/mol. The Hall–Kier alpha value is -5.11. The summed E-state index contributed by atoms with van der Waals surface area (Å²) in [6, 6.07) is 17.6. The van der Waals surface area contributed by atoms with Crippen LogP contribution in [0.3, 0.4) is 0 Å². The van der Waals surface area contributed by atoms with E-state index >= 15 is 4.39 Å². The molecule has 1 aliphatic heterocycles. The number of hydrogen-bond donors (Lipinski definition) is 0. The van der Waals surface area contributed by atoms with Gasteiger partial charge in [0, 0.05) is 60.4 Å². The molecule has 50 heavy (non-hydrogen) atoms. The number of aromatic nitrogens is 7. The topological polar surface area (TPSA) is 116 Å². The third kappa shape index (κ3) is 6.59. The lowest BCUT2D eigenvalue weighted by Crippen LogP contribution is -2.46. The average Bonchev–Trinajstić information content (AvgIpc) is 3.66. The second kappa shape index (κ2) is 13.3. The van der Waals surface area contributed by atoms with Crippen LogP contribution in [-0.4, -0.2) is 71.6 Å². The molecule has 2 aliphatic rings. The third-order valence-corrected chi connectivity index (χ3v) is 9.41. The normalized spacial score (nSPS) is 15.1. The van der Waals surface area contributed by atoms with Crippen molar-refractivity contribution in [3.05, 3.63) is 122 Å². The van der Waals surface area contributed by atoms with Gasteiger partial charge in [-0.15, -0.1) is 10.2 Å². The number of carbonyl (C=O) groups is 1. The fourth-order valence-corrected chi connectivity index (χ4v) is 6.59. The van der Waals surface area contributed by atoms with Gasteiger partial charge in [0.25, 0.3) is 0 Å². The van der Waals surface area contributed by atoms with E-state index in [1.54, 1.807) is 41.3 Å². The molecular weight excluding hydrogens is 684 g/mol. The molecule has 0 unspecified atom stereocenters. The molecule has 3 aromatic carbocycles. The van der Waals surface area contributed by atoms with Gasteiger partial charge in [0.15, 0.2) is 0 Å². The number of esters is 1. The van der Waals surface area contributed by atoms with E-state index < -0.39 is 17.2 Å². The minimum atomic E-state index is -0.809. The van der Waals surface area contributed by atoms with E-state index in [-0.39, 0.29) is 23.6 Å². The van der Waals surface area contributed by atoms with E-state index in [2.05, 4.69) is 25.5 Å². The molecule has 1 aliphatic carbocycles. The highest BCUT2D eigenvalue weighted by Crippen LogP contribution is 2.38. The summed E-state index contributed by atoms with van der Waals surface area (Å²) in [6.07, 6.45) is 6.84. The van der Waals surface area contributed by atoms with Gasteiger partial charge < -0.3 is 14.2 Å². The van der Waals surface area contributed by atoms with Gasteiger partial charge in [-0.1, -0.05) is 45.8 Å². The Bertz CT molecular complexity index is 2290.